The highest BCUT2D eigenvalue weighted by Crippen LogP contribution is 2.21. The second kappa shape index (κ2) is 34.5. The van der Waals surface area contributed by atoms with E-state index in [9.17, 15) is 72.8 Å². The van der Waals surface area contributed by atoms with Gasteiger partial charge in [0.15, 0.2) is 17.3 Å². The summed E-state index contributed by atoms with van der Waals surface area (Å²) in [7, 11) is 0. The van der Waals surface area contributed by atoms with Gasteiger partial charge in [-0.2, -0.15) is 0 Å². The van der Waals surface area contributed by atoms with Crippen LogP contribution in [-0.2, 0) is 79.9 Å². The number of alkyl halides is 1. The van der Waals surface area contributed by atoms with Crippen molar-refractivity contribution >= 4 is 58.9 Å². The quantitative estimate of drug-likeness (QED) is 0.0364. The minimum atomic E-state index is -1.72. The van der Waals surface area contributed by atoms with Gasteiger partial charge < -0.3 is 60.4 Å². The average molecular weight is 977 g/mol. The SMILES string of the molecule is CC(C)[C@H](CC(=O)[C@H](CCC(=O)O)NC(=O)[C@H](CC(=O)O)CC(=O)Cn1cc(CCCF)nn1)C(=O)N[C@@H](CC(=O)O)C(=O)C[C@@H](CO)C(=O)NCCOCCOCCOCCOCCC(=O)O. The van der Waals surface area contributed by atoms with E-state index in [0.717, 1.165) is 4.68 Å². The number of amides is 3. The molecule has 384 valence electrons. The van der Waals surface area contributed by atoms with Crippen molar-refractivity contribution in [3.05, 3.63) is 11.9 Å². The number of ether oxygens (including phenoxy) is 4. The molecule has 0 aliphatic rings. The first-order chi connectivity index (χ1) is 32.3. The fourth-order valence-corrected chi connectivity index (χ4v) is 6.26. The Hall–Kier alpha value is -5.83. The highest BCUT2D eigenvalue weighted by Gasteiger charge is 2.35. The fraction of sp³-hybridized carbons (Fsp3) is 0.714. The van der Waals surface area contributed by atoms with Gasteiger partial charge in [0, 0.05) is 44.3 Å². The summed E-state index contributed by atoms with van der Waals surface area (Å²) in [6.07, 6.45) is -3.21. The molecule has 0 saturated heterocycles. The van der Waals surface area contributed by atoms with E-state index in [-0.39, 0.29) is 78.7 Å². The van der Waals surface area contributed by atoms with Crippen molar-refractivity contribution < 1.29 is 96.8 Å². The van der Waals surface area contributed by atoms with Gasteiger partial charge in [-0.15, -0.1) is 5.10 Å². The van der Waals surface area contributed by atoms with Crippen molar-refractivity contribution in [3.8, 4) is 0 Å². The number of halogens is 1. The van der Waals surface area contributed by atoms with E-state index in [1.807, 2.05) is 0 Å². The molecule has 1 heterocycles. The Balaban J connectivity index is 2.86. The monoisotopic (exact) mass is 976 g/mol. The van der Waals surface area contributed by atoms with Gasteiger partial charge in [0.2, 0.25) is 17.7 Å². The third kappa shape index (κ3) is 27.1. The number of carbonyl (C=O) groups is 10. The van der Waals surface area contributed by atoms with Gasteiger partial charge in [-0.3, -0.25) is 52.3 Å². The number of ketones is 3. The second-order valence-corrected chi connectivity index (χ2v) is 15.8. The predicted molar refractivity (Wildman–Crippen MR) is 229 cm³/mol. The number of nitrogens with one attached hydrogen (secondary N) is 3. The number of carboxylic acid groups (broad SMARTS) is 4. The van der Waals surface area contributed by atoms with E-state index in [1.54, 1.807) is 0 Å². The zero-order chi connectivity index (χ0) is 51.0. The average Bonchev–Trinajstić information content (AvgIpc) is 3.71. The normalized spacial score (nSPS) is 13.4. The number of aliphatic hydroxyl groups excluding tert-OH is 1. The number of nitrogens with zero attached hydrogens (tertiary/aromatic N) is 3. The highest BCUT2D eigenvalue weighted by molar-refractivity contribution is 5.97. The molecule has 0 saturated carbocycles. The van der Waals surface area contributed by atoms with Gasteiger partial charge >= 0.3 is 23.9 Å². The Morgan fingerprint density at radius 2 is 1.21 bits per heavy atom. The van der Waals surface area contributed by atoms with Crippen molar-refractivity contribution in [1.82, 2.24) is 30.9 Å². The second-order valence-electron chi connectivity index (χ2n) is 15.8. The van der Waals surface area contributed by atoms with Gasteiger partial charge in [-0.25, -0.2) is 4.68 Å². The molecule has 0 aliphatic carbocycles. The molecule has 5 atom stereocenters. The van der Waals surface area contributed by atoms with Crippen LogP contribution < -0.4 is 16.0 Å². The maximum Gasteiger partial charge on any atom is 0.305 e. The molecule has 25 nitrogen and oxygen atoms in total. The van der Waals surface area contributed by atoms with Crippen LogP contribution in [0.5, 0.6) is 0 Å². The summed E-state index contributed by atoms with van der Waals surface area (Å²) in [5.74, 6) is -15.4. The van der Waals surface area contributed by atoms with Crippen molar-refractivity contribution in [3.63, 3.8) is 0 Å². The molecule has 1 rings (SSSR count). The Morgan fingerprint density at radius 1 is 0.647 bits per heavy atom. The van der Waals surface area contributed by atoms with Crippen LogP contribution in [0.3, 0.4) is 0 Å². The summed E-state index contributed by atoms with van der Waals surface area (Å²) in [5.41, 5.74) is 0.402. The van der Waals surface area contributed by atoms with Crippen molar-refractivity contribution in [2.24, 2.45) is 23.7 Å². The lowest BCUT2D eigenvalue weighted by Crippen LogP contribution is -2.49. The fourth-order valence-electron chi connectivity index (χ4n) is 6.26. The van der Waals surface area contributed by atoms with Crippen LogP contribution in [0.1, 0.15) is 77.3 Å². The number of aliphatic hydroxyl groups is 1. The van der Waals surface area contributed by atoms with Crippen LogP contribution >= 0.6 is 0 Å². The maximum atomic E-state index is 13.7. The molecule has 0 fully saturated rings. The Kier molecular flexibility index (Phi) is 30.5. The number of Topliss-reactive ketones (excluding diaryl/α,β-unsaturated/α-hetero) is 3. The van der Waals surface area contributed by atoms with E-state index in [2.05, 4.69) is 26.3 Å². The van der Waals surface area contributed by atoms with E-state index < -0.39 is 159 Å². The molecule has 0 aromatic carbocycles. The van der Waals surface area contributed by atoms with Crippen LogP contribution in [0.25, 0.3) is 0 Å². The molecule has 0 bridgehead atoms. The number of hydrogen-bond donors (Lipinski definition) is 8. The van der Waals surface area contributed by atoms with Crippen LogP contribution in [0.15, 0.2) is 6.20 Å². The highest BCUT2D eigenvalue weighted by atomic mass is 19.1. The number of aromatic nitrogens is 3. The molecule has 0 unspecified atom stereocenters. The van der Waals surface area contributed by atoms with Gasteiger partial charge in [0.1, 0.15) is 6.54 Å². The zero-order valence-electron chi connectivity index (χ0n) is 38.3. The smallest absolute Gasteiger partial charge is 0.305 e. The predicted octanol–water partition coefficient (Wildman–Crippen LogP) is -1.00. The lowest BCUT2D eigenvalue weighted by atomic mass is 9.86. The maximum absolute atomic E-state index is 13.7. The van der Waals surface area contributed by atoms with Crippen molar-refractivity contribution in [2.75, 3.05) is 72.7 Å². The lowest BCUT2D eigenvalue weighted by Gasteiger charge is -2.26. The molecule has 1 aromatic rings. The molecule has 3 amide bonds. The number of carbonyl (C=O) groups excluding carboxylic acids is 6. The third-order valence-electron chi connectivity index (χ3n) is 9.92. The summed E-state index contributed by atoms with van der Waals surface area (Å²) in [6, 6.07) is -3.31. The lowest BCUT2D eigenvalue weighted by molar-refractivity contribution is -0.143. The summed E-state index contributed by atoms with van der Waals surface area (Å²) < 4.78 is 34.8. The molecular weight excluding hydrogens is 911 g/mol. The van der Waals surface area contributed by atoms with Crippen molar-refractivity contribution in [2.45, 2.75) is 96.7 Å². The molecule has 0 radical (unpaired) electrons. The summed E-state index contributed by atoms with van der Waals surface area (Å²) in [4.78, 5) is 125. The Labute approximate surface area is 391 Å². The minimum Gasteiger partial charge on any atom is -0.481 e. The molecule has 8 N–H and O–H groups in total. The minimum absolute atomic E-state index is 0.0261. The van der Waals surface area contributed by atoms with Crippen LogP contribution in [-0.4, -0.2) is 184 Å². The number of rotatable bonds is 42. The van der Waals surface area contributed by atoms with Gasteiger partial charge in [0.25, 0.3) is 0 Å². The summed E-state index contributed by atoms with van der Waals surface area (Å²) in [6.45, 7) is 2.65. The van der Waals surface area contributed by atoms with Crippen LogP contribution in [0.4, 0.5) is 4.39 Å². The molecule has 26 heteroatoms. The topological polar surface area (TPSA) is 376 Å². The van der Waals surface area contributed by atoms with Gasteiger partial charge in [0.05, 0.1) is 115 Å². The van der Waals surface area contributed by atoms with E-state index >= 15 is 0 Å². The standard InChI is InChI=1S/C42H65FN6O19/c1-26(2)31(21-35(53)32(5-6-36(54)55)45-41(63)27(20-38(58)59)18-30(51)24-49-23-29(47-48-49)4-3-8-43)42(64)46-33(22-39(60)61)34(52)19-28(25-50)40(62)44-9-11-66-13-15-68-17-16-67-14-12-65-10-7-37(56)57/h23,26-28,31-33,50H,3-22,24-25H2,1-2H3,(H,44,62)(H,45,63)(H,46,64)(H,54,55)(H,56,57)(H,58,59)(H,60,61)/t27-,28-,31-,32-,33-/m0/s1. The number of hydrogen-bond acceptors (Lipinski definition) is 17. The zero-order valence-corrected chi connectivity index (χ0v) is 38.3. The Bertz CT molecular complexity index is 1800. The Morgan fingerprint density at radius 3 is 1.75 bits per heavy atom. The number of aryl methyl sites for hydroxylation is 1. The first-order valence-electron chi connectivity index (χ1n) is 22.0. The van der Waals surface area contributed by atoms with Crippen LogP contribution in [0.2, 0.25) is 0 Å². The largest absolute Gasteiger partial charge is 0.481 e. The van der Waals surface area contributed by atoms with Gasteiger partial charge in [-0.05, 0) is 25.2 Å². The number of carboxylic acids is 4. The molecule has 1 aromatic heterocycles. The van der Waals surface area contributed by atoms with Crippen LogP contribution in [0, 0.1) is 23.7 Å². The molecule has 0 spiro atoms. The van der Waals surface area contributed by atoms with E-state index in [0.29, 0.717) is 5.69 Å². The van der Waals surface area contributed by atoms with Gasteiger partial charge in [-0.1, -0.05) is 19.1 Å². The number of aliphatic carboxylic acids is 4. The summed E-state index contributed by atoms with van der Waals surface area (Å²) >= 11 is 0. The first-order valence-corrected chi connectivity index (χ1v) is 22.0. The molecule has 68 heavy (non-hydrogen) atoms. The van der Waals surface area contributed by atoms with E-state index in [4.69, 9.17) is 24.1 Å². The van der Waals surface area contributed by atoms with Crippen molar-refractivity contribution in [1.29, 1.82) is 0 Å². The molecular formula is C42H65FN6O19. The third-order valence-corrected chi connectivity index (χ3v) is 9.92. The molecule has 0 aliphatic heterocycles. The van der Waals surface area contributed by atoms with E-state index in [1.165, 1.54) is 20.0 Å². The first kappa shape index (κ1) is 60.2. The summed E-state index contributed by atoms with van der Waals surface area (Å²) in [5, 5.41) is 61.6.